The Hall–Kier alpha value is -3.85. The highest BCUT2D eigenvalue weighted by atomic mass is 32.1. The van der Waals surface area contributed by atoms with E-state index in [9.17, 15) is 14.0 Å². The van der Waals surface area contributed by atoms with Gasteiger partial charge in [0.1, 0.15) is 18.3 Å². The average Bonchev–Trinajstić information content (AvgIpc) is 3.54. The molecule has 3 heterocycles. The van der Waals surface area contributed by atoms with Crippen molar-refractivity contribution in [3.63, 3.8) is 0 Å². The quantitative estimate of drug-likeness (QED) is 0.445. The van der Waals surface area contributed by atoms with Gasteiger partial charge in [0.25, 0.3) is 0 Å². The summed E-state index contributed by atoms with van der Waals surface area (Å²) >= 11 is 1.51. The molecule has 2 unspecified atom stereocenters. The minimum Gasteiger partial charge on any atom is -0.326 e. The second-order valence-corrected chi connectivity index (χ2v) is 9.18. The van der Waals surface area contributed by atoms with Gasteiger partial charge in [-0.2, -0.15) is 5.10 Å². The summed E-state index contributed by atoms with van der Waals surface area (Å²) in [5, 5.41) is 8.74. The molecule has 172 valence electrons. The van der Waals surface area contributed by atoms with Crippen molar-refractivity contribution in [3.8, 4) is 5.69 Å². The predicted molar refractivity (Wildman–Crippen MR) is 128 cm³/mol. The number of hydrogen-bond acceptors (Lipinski definition) is 5. The first-order chi connectivity index (χ1) is 16.5. The lowest BCUT2D eigenvalue weighted by Gasteiger charge is -2.40. The van der Waals surface area contributed by atoms with Gasteiger partial charge in [0.15, 0.2) is 5.82 Å². The van der Waals surface area contributed by atoms with Crippen LogP contribution in [0.1, 0.15) is 29.3 Å². The maximum Gasteiger partial charge on any atom is 0.229 e. The van der Waals surface area contributed by atoms with Crippen molar-refractivity contribution < 1.29 is 14.0 Å². The Morgan fingerprint density at radius 1 is 1.18 bits per heavy atom. The first kappa shape index (κ1) is 22.0. The lowest BCUT2D eigenvalue weighted by atomic mass is 9.86. The molecule has 0 radical (unpaired) electrons. The number of nitrogens with zero attached hydrogens (tertiary/aromatic N) is 4. The molecule has 2 aromatic heterocycles. The molecule has 1 aliphatic heterocycles. The number of anilines is 2. The third-order valence-electron chi connectivity index (χ3n) is 5.96. The number of carbonyl (C=O) groups excluding carboxylic acids is 2. The zero-order valence-corrected chi connectivity index (χ0v) is 19.2. The van der Waals surface area contributed by atoms with E-state index in [0.29, 0.717) is 12.1 Å². The van der Waals surface area contributed by atoms with Crippen molar-refractivity contribution in [1.29, 1.82) is 0 Å². The maximum atomic E-state index is 14.7. The Kier molecular flexibility index (Phi) is 5.93. The van der Waals surface area contributed by atoms with Crippen LogP contribution in [-0.2, 0) is 9.59 Å². The fourth-order valence-electron chi connectivity index (χ4n) is 4.30. The van der Waals surface area contributed by atoms with Gasteiger partial charge in [-0.3, -0.25) is 9.59 Å². The van der Waals surface area contributed by atoms with Gasteiger partial charge in [0.05, 0.1) is 12.0 Å². The Bertz CT molecular complexity index is 1310. The largest absolute Gasteiger partial charge is 0.326 e. The summed E-state index contributed by atoms with van der Waals surface area (Å²) in [5.41, 5.74) is 2.43. The molecule has 0 bridgehead atoms. The number of aryl methyl sites for hydroxylation is 1. The van der Waals surface area contributed by atoms with Crippen molar-refractivity contribution in [2.24, 2.45) is 5.92 Å². The maximum absolute atomic E-state index is 14.7. The Balaban J connectivity index is 1.44. The van der Waals surface area contributed by atoms with Gasteiger partial charge in [-0.1, -0.05) is 23.8 Å². The van der Waals surface area contributed by atoms with Gasteiger partial charge in [-0.15, -0.1) is 11.3 Å². The van der Waals surface area contributed by atoms with Crippen LogP contribution in [0.4, 0.5) is 15.8 Å². The van der Waals surface area contributed by atoms with E-state index in [2.05, 4.69) is 15.4 Å². The number of amides is 2. The van der Waals surface area contributed by atoms with Crippen LogP contribution in [0.15, 0.2) is 72.6 Å². The Morgan fingerprint density at radius 3 is 2.68 bits per heavy atom. The summed E-state index contributed by atoms with van der Waals surface area (Å²) in [6.07, 6.45) is 3.40. The molecule has 0 aliphatic carbocycles. The van der Waals surface area contributed by atoms with Crippen molar-refractivity contribution >= 4 is 34.5 Å². The van der Waals surface area contributed by atoms with Crippen molar-refractivity contribution in [2.75, 3.05) is 10.2 Å². The van der Waals surface area contributed by atoms with Crippen LogP contribution in [0, 0.1) is 18.7 Å². The van der Waals surface area contributed by atoms with Crippen LogP contribution >= 0.6 is 11.3 Å². The number of aromatic nitrogens is 3. The highest BCUT2D eigenvalue weighted by molar-refractivity contribution is 7.10. The van der Waals surface area contributed by atoms with Crippen LogP contribution in [0.2, 0.25) is 0 Å². The minimum atomic E-state index is -0.529. The summed E-state index contributed by atoms with van der Waals surface area (Å²) in [5.74, 6) is -1.29. The standard InChI is InChI=1S/C25H22FN5O2S/c1-16-4-7-18(8-5-16)31-23(32)11-9-19(24(31)22-3-2-12-34-22)25(33)29-17-6-10-21(20(26)13-17)30-15-27-14-28-30/h2-8,10,12-15,19,24H,9,11H2,1H3,(H,29,33). The number of nitrogens with one attached hydrogen (secondary N) is 1. The molecule has 1 saturated heterocycles. The molecule has 0 spiro atoms. The molecule has 2 atom stereocenters. The number of thiophene rings is 1. The molecule has 9 heteroatoms. The van der Waals surface area contributed by atoms with Gasteiger partial charge in [-0.05, 0) is 55.1 Å². The number of benzene rings is 2. The van der Waals surface area contributed by atoms with E-state index < -0.39 is 17.8 Å². The molecule has 1 fully saturated rings. The molecule has 5 rings (SSSR count). The molecule has 2 amide bonds. The van der Waals surface area contributed by atoms with Crippen LogP contribution in [-0.4, -0.2) is 26.6 Å². The van der Waals surface area contributed by atoms with Gasteiger partial charge in [-0.25, -0.2) is 14.1 Å². The normalized spacial score (nSPS) is 18.2. The summed E-state index contributed by atoms with van der Waals surface area (Å²) in [4.78, 5) is 33.0. The first-order valence-corrected chi connectivity index (χ1v) is 11.8. The van der Waals surface area contributed by atoms with Gasteiger partial charge in [0.2, 0.25) is 11.8 Å². The number of piperidine rings is 1. The fraction of sp³-hybridized carbons (Fsp3) is 0.200. The van der Waals surface area contributed by atoms with Crippen LogP contribution in [0.25, 0.3) is 5.69 Å². The highest BCUT2D eigenvalue weighted by Crippen LogP contribution is 2.42. The van der Waals surface area contributed by atoms with E-state index in [0.717, 1.165) is 16.1 Å². The van der Waals surface area contributed by atoms with E-state index in [1.54, 1.807) is 17.0 Å². The zero-order valence-electron chi connectivity index (χ0n) is 18.4. The van der Waals surface area contributed by atoms with Crippen molar-refractivity contribution in [3.05, 3.63) is 88.9 Å². The predicted octanol–water partition coefficient (Wildman–Crippen LogP) is 4.90. The second-order valence-electron chi connectivity index (χ2n) is 8.20. The molecule has 4 aromatic rings. The van der Waals surface area contributed by atoms with Crippen LogP contribution in [0.5, 0.6) is 0 Å². The molecule has 0 saturated carbocycles. The second kappa shape index (κ2) is 9.18. The topological polar surface area (TPSA) is 80.1 Å². The SMILES string of the molecule is Cc1ccc(N2C(=O)CCC(C(=O)Nc3ccc(-n4cncn4)c(F)c3)C2c2cccs2)cc1. The average molecular weight is 476 g/mol. The van der Waals surface area contributed by atoms with E-state index >= 15 is 0 Å². The molecular formula is C25H22FN5O2S. The monoisotopic (exact) mass is 475 g/mol. The summed E-state index contributed by atoms with van der Waals surface area (Å²) in [7, 11) is 0. The summed E-state index contributed by atoms with van der Waals surface area (Å²) in [6.45, 7) is 1.99. The smallest absolute Gasteiger partial charge is 0.229 e. The summed E-state index contributed by atoms with van der Waals surface area (Å²) < 4.78 is 16.0. The number of hydrogen-bond donors (Lipinski definition) is 1. The number of rotatable bonds is 5. The summed E-state index contributed by atoms with van der Waals surface area (Å²) in [6, 6.07) is 15.6. The first-order valence-electron chi connectivity index (χ1n) is 10.9. The molecule has 34 heavy (non-hydrogen) atoms. The minimum absolute atomic E-state index is 0.0190. The molecule has 1 N–H and O–H groups in total. The molecule has 1 aliphatic rings. The Labute approximate surface area is 199 Å². The fourth-order valence-corrected chi connectivity index (χ4v) is 5.18. The number of halogens is 1. The van der Waals surface area contributed by atoms with Gasteiger partial charge >= 0.3 is 0 Å². The highest BCUT2D eigenvalue weighted by Gasteiger charge is 2.42. The van der Waals surface area contributed by atoms with Crippen LogP contribution < -0.4 is 10.2 Å². The Morgan fingerprint density at radius 2 is 2.00 bits per heavy atom. The zero-order chi connectivity index (χ0) is 23.7. The third-order valence-corrected chi connectivity index (χ3v) is 6.90. The van der Waals surface area contributed by atoms with Crippen LogP contribution in [0.3, 0.4) is 0 Å². The molecular weight excluding hydrogens is 453 g/mol. The van der Waals surface area contributed by atoms with E-state index in [1.807, 2.05) is 48.7 Å². The third kappa shape index (κ3) is 4.22. The lowest BCUT2D eigenvalue weighted by Crippen LogP contribution is -2.46. The molecule has 7 nitrogen and oxygen atoms in total. The molecule has 2 aromatic carbocycles. The van der Waals surface area contributed by atoms with Gasteiger partial charge < -0.3 is 10.2 Å². The van der Waals surface area contributed by atoms with E-state index in [-0.39, 0.29) is 23.9 Å². The van der Waals surface area contributed by atoms with Crippen molar-refractivity contribution in [1.82, 2.24) is 14.8 Å². The van der Waals surface area contributed by atoms with E-state index in [4.69, 9.17) is 0 Å². The van der Waals surface area contributed by atoms with Crippen molar-refractivity contribution in [2.45, 2.75) is 25.8 Å². The number of carbonyl (C=O) groups is 2. The lowest BCUT2D eigenvalue weighted by molar-refractivity contribution is -0.125. The van der Waals surface area contributed by atoms with E-state index in [1.165, 1.54) is 34.7 Å². The van der Waals surface area contributed by atoms with Gasteiger partial charge in [0, 0.05) is 22.7 Å².